The van der Waals surface area contributed by atoms with Crippen molar-refractivity contribution in [2.75, 3.05) is 18.0 Å². The number of oxazole rings is 1. The summed E-state index contributed by atoms with van der Waals surface area (Å²) in [6.45, 7) is 3.22. The first-order valence-corrected chi connectivity index (χ1v) is 10.6. The van der Waals surface area contributed by atoms with Crippen LogP contribution in [0.4, 0.5) is 5.88 Å². The molecule has 1 aromatic carbocycles. The third-order valence-electron chi connectivity index (χ3n) is 5.31. The molecule has 3 aromatic rings. The summed E-state index contributed by atoms with van der Waals surface area (Å²) in [4.78, 5) is 19.0. The standard InChI is InChI=1S/C22H21BrN4O3/c1-14(16-4-2-5-17(23)12-16)25-20(28)15-7-9-27(10-8-15)22-18(13-24)26-21(30-22)19-6-3-11-29-19/h2-6,11-12,14-15H,7-10H2,1H3,(H,25,28). The van der Waals surface area contributed by atoms with Crippen molar-refractivity contribution < 1.29 is 13.6 Å². The van der Waals surface area contributed by atoms with Crippen molar-refractivity contribution in [2.45, 2.75) is 25.8 Å². The van der Waals surface area contributed by atoms with Gasteiger partial charge in [-0.2, -0.15) is 10.2 Å². The molecule has 2 aromatic heterocycles. The van der Waals surface area contributed by atoms with E-state index in [0.717, 1.165) is 10.0 Å². The van der Waals surface area contributed by atoms with Crippen LogP contribution in [-0.2, 0) is 4.79 Å². The lowest BCUT2D eigenvalue weighted by Gasteiger charge is -2.31. The van der Waals surface area contributed by atoms with E-state index in [2.05, 4.69) is 32.3 Å². The molecule has 1 aliphatic heterocycles. The number of nitrogens with one attached hydrogen (secondary N) is 1. The Bertz CT molecular complexity index is 1060. The molecule has 0 aliphatic carbocycles. The topological polar surface area (TPSA) is 95.3 Å². The van der Waals surface area contributed by atoms with Gasteiger partial charge in [0, 0.05) is 23.5 Å². The predicted octanol–water partition coefficient (Wildman–Crippen LogP) is 4.66. The van der Waals surface area contributed by atoms with Crippen molar-refractivity contribution in [3.05, 3.63) is 58.4 Å². The lowest BCUT2D eigenvalue weighted by Crippen LogP contribution is -2.41. The molecule has 1 saturated heterocycles. The molecule has 1 aliphatic rings. The monoisotopic (exact) mass is 468 g/mol. The number of rotatable bonds is 5. The van der Waals surface area contributed by atoms with Crippen molar-refractivity contribution in [3.63, 3.8) is 0 Å². The molecule has 3 heterocycles. The fraction of sp³-hybridized carbons (Fsp3) is 0.318. The van der Waals surface area contributed by atoms with Crippen molar-refractivity contribution >= 4 is 27.7 Å². The summed E-state index contributed by atoms with van der Waals surface area (Å²) < 4.78 is 12.1. The Morgan fingerprint density at radius 3 is 2.80 bits per heavy atom. The molecule has 30 heavy (non-hydrogen) atoms. The van der Waals surface area contributed by atoms with Crippen LogP contribution in [-0.4, -0.2) is 24.0 Å². The van der Waals surface area contributed by atoms with Gasteiger partial charge in [-0.15, -0.1) is 0 Å². The highest BCUT2D eigenvalue weighted by Gasteiger charge is 2.29. The molecule has 1 N–H and O–H groups in total. The van der Waals surface area contributed by atoms with Crippen molar-refractivity contribution in [1.82, 2.24) is 10.3 Å². The smallest absolute Gasteiger partial charge is 0.266 e. The van der Waals surface area contributed by atoms with E-state index >= 15 is 0 Å². The number of benzene rings is 1. The zero-order valence-electron chi connectivity index (χ0n) is 16.5. The number of hydrogen-bond donors (Lipinski definition) is 1. The summed E-state index contributed by atoms with van der Waals surface area (Å²) in [5.74, 6) is 1.18. The SMILES string of the molecule is CC(NC(=O)C1CCN(c2oc(-c3ccco3)nc2C#N)CC1)c1cccc(Br)c1. The van der Waals surface area contributed by atoms with Gasteiger partial charge in [0.25, 0.3) is 5.89 Å². The van der Waals surface area contributed by atoms with E-state index in [1.807, 2.05) is 36.1 Å². The zero-order chi connectivity index (χ0) is 21.1. The number of anilines is 1. The van der Waals surface area contributed by atoms with Crippen LogP contribution in [0.5, 0.6) is 0 Å². The number of hydrogen-bond acceptors (Lipinski definition) is 6. The van der Waals surface area contributed by atoms with Gasteiger partial charge >= 0.3 is 0 Å². The maximum Gasteiger partial charge on any atom is 0.266 e. The van der Waals surface area contributed by atoms with E-state index in [9.17, 15) is 10.1 Å². The number of carbonyl (C=O) groups excluding carboxylic acids is 1. The molecule has 154 valence electrons. The van der Waals surface area contributed by atoms with E-state index in [4.69, 9.17) is 8.83 Å². The lowest BCUT2D eigenvalue weighted by atomic mass is 9.95. The van der Waals surface area contributed by atoms with E-state index in [1.165, 1.54) is 6.26 Å². The number of nitriles is 1. The molecular formula is C22H21BrN4O3. The van der Waals surface area contributed by atoms with E-state index in [0.29, 0.717) is 37.6 Å². The molecule has 1 amide bonds. The quantitative estimate of drug-likeness (QED) is 0.584. The van der Waals surface area contributed by atoms with Crippen LogP contribution in [0.25, 0.3) is 11.7 Å². The van der Waals surface area contributed by atoms with Crippen molar-refractivity contribution in [3.8, 4) is 17.7 Å². The van der Waals surface area contributed by atoms with E-state index in [1.54, 1.807) is 12.1 Å². The van der Waals surface area contributed by atoms with E-state index in [-0.39, 0.29) is 29.5 Å². The minimum atomic E-state index is -0.0751. The first-order chi connectivity index (χ1) is 14.5. The maximum absolute atomic E-state index is 12.8. The molecule has 1 fully saturated rings. The molecule has 1 unspecified atom stereocenters. The number of carbonyl (C=O) groups is 1. The van der Waals surface area contributed by atoms with Crippen LogP contribution < -0.4 is 10.2 Å². The van der Waals surface area contributed by atoms with Crippen LogP contribution >= 0.6 is 15.9 Å². The summed E-state index contributed by atoms with van der Waals surface area (Å²) in [7, 11) is 0. The molecule has 0 saturated carbocycles. The number of nitrogens with zero attached hydrogens (tertiary/aromatic N) is 3. The summed E-state index contributed by atoms with van der Waals surface area (Å²) in [6, 6.07) is 13.4. The second-order valence-corrected chi connectivity index (χ2v) is 8.22. The summed E-state index contributed by atoms with van der Waals surface area (Å²) in [5.41, 5.74) is 1.29. The van der Waals surface area contributed by atoms with Crippen molar-refractivity contribution in [1.29, 1.82) is 5.26 Å². The van der Waals surface area contributed by atoms with Gasteiger partial charge < -0.3 is 19.1 Å². The highest BCUT2D eigenvalue weighted by atomic mass is 79.9. The van der Waals surface area contributed by atoms with Gasteiger partial charge in [-0.1, -0.05) is 28.1 Å². The predicted molar refractivity (Wildman–Crippen MR) is 115 cm³/mol. The fourth-order valence-electron chi connectivity index (χ4n) is 3.64. The summed E-state index contributed by atoms with van der Waals surface area (Å²) >= 11 is 3.47. The van der Waals surface area contributed by atoms with Crippen LogP contribution in [0.15, 0.2) is 56.0 Å². The third kappa shape index (κ3) is 4.26. The fourth-order valence-corrected chi connectivity index (χ4v) is 4.06. The Morgan fingerprint density at radius 2 is 2.13 bits per heavy atom. The number of piperidine rings is 1. The average molecular weight is 469 g/mol. The van der Waals surface area contributed by atoms with Gasteiger partial charge in [0.1, 0.15) is 6.07 Å². The minimum Gasteiger partial charge on any atom is -0.459 e. The highest BCUT2D eigenvalue weighted by molar-refractivity contribution is 9.10. The molecule has 7 nitrogen and oxygen atoms in total. The molecule has 1 atom stereocenters. The highest BCUT2D eigenvalue weighted by Crippen LogP contribution is 2.31. The Hall–Kier alpha value is -3.05. The Labute approximate surface area is 182 Å². The number of furan rings is 1. The van der Waals surface area contributed by atoms with E-state index < -0.39 is 0 Å². The third-order valence-corrected chi connectivity index (χ3v) is 5.80. The molecule has 4 rings (SSSR count). The van der Waals surface area contributed by atoms with Gasteiger partial charge in [0.2, 0.25) is 17.5 Å². The number of halogens is 1. The first kappa shape index (κ1) is 20.2. The Balaban J connectivity index is 1.38. The second-order valence-electron chi connectivity index (χ2n) is 7.31. The number of amides is 1. The molecule has 0 spiro atoms. The number of aromatic nitrogens is 1. The van der Waals surface area contributed by atoms with Gasteiger partial charge in [-0.05, 0) is 49.6 Å². The van der Waals surface area contributed by atoms with Crippen molar-refractivity contribution in [2.24, 2.45) is 5.92 Å². The Morgan fingerprint density at radius 1 is 1.33 bits per heavy atom. The van der Waals surface area contributed by atoms with Gasteiger partial charge in [0.05, 0.1) is 12.3 Å². The molecule has 8 heteroatoms. The average Bonchev–Trinajstić information content (AvgIpc) is 3.43. The molecule has 0 bridgehead atoms. The minimum absolute atomic E-state index is 0.0523. The van der Waals surface area contributed by atoms with Crippen LogP contribution in [0, 0.1) is 17.2 Å². The lowest BCUT2D eigenvalue weighted by molar-refractivity contribution is -0.126. The van der Waals surface area contributed by atoms with Crippen LogP contribution in [0.3, 0.4) is 0 Å². The Kier molecular flexibility index (Phi) is 5.91. The summed E-state index contributed by atoms with van der Waals surface area (Å²) in [6.07, 6.45) is 2.89. The molecular weight excluding hydrogens is 448 g/mol. The largest absolute Gasteiger partial charge is 0.459 e. The first-order valence-electron chi connectivity index (χ1n) is 9.80. The summed E-state index contributed by atoms with van der Waals surface area (Å²) in [5, 5.41) is 12.5. The van der Waals surface area contributed by atoms with Gasteiger partial charge in [-0.3, -0.25) is 4.79 Å². The molecule has 0 radical (unpaired) electrons. The zero-order valence-corrected chi connectivity index (χ0v) is 18.1. The normalized spacial score (nSPS) is 15.6. The maximum atomic E-state index is 12.8. The van der Waals surface area contributed by atoms with Crippen LogP contribution in [0.2, 0.25) is 0 Å². The van der Waals surface area contributed by atoms with Crippen LogP contribution in [0.1, 0.15) is 37.1 Å². The van der Waals surface area contributed by atoms with Gasteiger partial charge in [-0.25, -0.2) is 0 Å². The second kappa shape index (κ2) is 8.76. The van der Waals surface area contributed by atoms with Gasteiger partial charge in [0.15, 0.2) is 5.76 Å².